The molecule has 1 aliphatic heterocycles. The monoisotopic (exact) mass is 456 g/mol. The summed E-state index contributed by atoms with van der Waals surface area (Å²) < 4.78 is 10.7. The average molecular weight is 457 g/mol. The van der Waals surface area contributed by atoms with Crippen LogP contribution in [-0.4, -0.2) is 55.3 Å². The summed E-state index contributed by atoms with van der Waals surface area (Å²) in [6.45, 7) is 3.56. The average Bonchev–Trinajstić information content (AvgIpc) is 3.07. The smallest absolute Gasteiger partial charge is 0.251 e. The highest BCUT2D eigenvalue weighted by Crippen LogP contribution is 2.24. The minimum atomic E-state index is -0.469. The predicted molar refractivity (Wildman–Crippen MR) is 122 cm³/mol. The van der Waals surface area contributed by atoms with Gasteiger partial charge in [-0.15, -0.1) is 0 Å². The third kappa shape index (κ3) is 4.77. The number of nitrogens with zero attached hydrogens (tertiary/aromatic N) is 2. The number of nitrogens with one attached hydrogen (secondary N) is 2. The summed E-state index contributed by atoms with van der Waals surface area (Å²) in [5.74, 6) is 0.347. The molecule has 1 aromatic heterocycles. The minimum absolute atomic E-state index is 0.0212. The number of aromatic nitrogens is 2. The second-order valence-electron chi connectivity index (χ2n) is 7.67. The second kappa shape index (κ2) is 9.68. The third-order valence-electron chi connectivity index (χ3n) is 5.40. The first-order valence-electron chi connectivity index (χ1n) is 10.4. The number of hydrogen-bond donors (Lipinski definition) is 2. The SMILES string of the molecule is COCC(NC(=O)c1ccc(N2CCOCCC2=O)c(C)c1)c1nc2ccc(Cl)cc2[nH]1. The van der Waals surface area contributed by atoms with Crippen LogP contribution in [0.2, 0.25) is 5.02 Å². The Hall–Kier alpha value is -2.94. The maximum absolute atomic E-state index is 13.0. The highest BCUT2D eigenvalue weighted by Gasteiger charge is 2.23. The maximum atomic E-state index is 13.0. The molecule has 0 spiro atoms. The molecule has 0 saturated carbocycles. The van der Waals surface area contributed by atoms with Crippen molar-refractivity contribution >= 4 is 40.1 Å². The largest absolute Gasteiger partial charge is 0.382 e. The number of fused-ring (bicyclic) bond motifs is 1. The van der Waals surface area contributed by atoms with Gasteiger partial charge in [0, 0.05) is 29.9 Å². The summed E-state index contributed by atoms with van der Waals surface area (Å²) in [6, 6.07) is 10.2. The number of imidazole rings is 1. The molecular formula is C23H25ClN4O4. The number of halogens is 1. The van der Waals surface area contributed by atoms with Gasteiger partial charge < -0.3 is 24.7 Å². The number of benzene rings is 2. The Balaban J connectivity index is 1.54. The third-order valence-corrected chi connectivity index (χ3v) is 5.64. The second-order valence-corrected chi connectivity index (χ2v) is 8.11. The lowest BCUT2D eigenvalue weighted by Gasteiger charge is -2.23. The fourth-order valence-electron chi connectivity index (χ4n) is 3.80. The van der Waals surface area contributed by atoms with Crippen molar-refractivity contribution in [2.24, 2.45) is 0 Å². The van der Waals surface area contributed by atoms with Gasteiger partial charge in [0.2, 0.25) is 5.91 Å². The van der Waals surface area contributed by atoms with Crippen molar-refractivity contribution < 1.29 is 19.1 Å². The van der Waals surface area contributed by atoms with E-state index in [1.807, 2.05) is 19.1 Å². The van der Waals surface area contributed by atoms with Crippen molar-refractivity contribution in [1.29, 1.82) is 0 Å². The van der Waals surface area contributed by atoms with Crippen LogP contribution in [0.5, 0.6) is 0 Å². The van der Waals surface area contributed by atoms with Crippen LogP contribution in [0.3, 0.4) is 0 Å². The molecule has 3 aromatic rings. The number of H-pyrrole nitrogens is 1. The van der Waals surface area contributed by atoms with E-state index < -0.39 is 6.04 Å². The van der Waals surface area contributed by atoms with Crippen LogP contribution in [0, 0.1) is 6.92 Å². The molecule has 2 N–H and O–H groups in total. The predicted octanol–water partition coefficient (Wildman–Crippen LogP) is 3.40. The molecule has 0 radical (unpaired) electrons. The zero-order valence-corrected chi connectivity index (χ0v) is 18.7. The lowest BCUT2D eigenvalue weighted by Crippen LogP contribution is -2.33. The normalized spacial score (nSPS) is 15.6. The van der Waals surface area contributed by atoms with Gasteiger partial charge in [0.25, 0.3) is 5.91 Å². The van der Waals surface area contributed by atoms with E-state index in [9.17, 15) is 9.59 Å². The molecule has 1 fully saturated rings. The lowest BCUT2D eigenvalue weighted by molar-refractivity contribution is -0.118. The number of carbonyl (C=O) groups is 2. The van der Waals surface area contributed by atoms with E-state index in [0.29, 0.717) is 42.6 Å². The molecule has 9 heteroatoms. The van der Waals surface area contributed by atoms with Crippen LogP contribution >= 0.6 is 11.6 Å². The van der Waals surface area contributed by atoms with Gasteiger partial charge in [0.1, 0.15) is 11.9 Å². The Bertz CT molecular complexity index is 1150. The number of aryl methyl sites for hydroxylation is 1. The fraction of sp³-hybridized carbons (Fsp3) is 0.348. The van der Waals surface area contributed by atoms with E-state index in [1.165, 1.54) is 0 Å². The van der Waals surface area contributed by atoms with E-state index in [1.54, 1.807) is 36.3 Å². The Morgan fingerprint density at radius 3 is 2.94 bits per heavy atom. The molecule has 32 heavy (non-hydrogen) atoms. The van der Waals surface area contributed by atoms with Gasteiger partial charge in [-0.1, -0.05) is 11.6 Å². The number of hydrogen-bond acceptors (Lipinski definition) is 5. The van der Waals surface area contributed by atoms with E-state index in [2.05, 4.69) is 15.3 Å². The minimum Gasteiger partial charge on any atom is -0.382 e. The number of amides is 2. The summed E-state index contributed by atoms with van der Waals surface area (Å²) in [5, 5.41) is 3.58. The summed E-state index contributed by atoms with van der Waals surface area (Å²) in [5.41, 5.74) is 3.67. The van der Waals surface area contributed by atoms with Crippen LogP contribution in [0.1, 0.15) is 34.2 Å². The topological polar surface area (TPSA) is 96.6 Å². The first-order chi connectivity index (χ1) is 15.5. The molecule has 4 rings (SSSR count). The Morgan fingerprint density at radius 1 is 1.31 bits per heavy atom. The number of aromatic amines is 1. The molecule has 1 saturated heterocycles. The van der Waals surface area contributed by atoms with Crippen molar-refractivity contribution in [3.05, 3.63) is 58.4 Å². The Labute approximate surface area is 190 Å². The van der Waals surface area contributed by atoms with Gasteiger partial charge in [-0.25, -0.2) is 4.98 Å². The zero-order valence-electron chi connectivity index (χ0n) is 18.0. The summed E-state index contributed by atoms with van der Waals surface area (Å²) >= 11 is 6.06. The summed E-state index contributed by atoms with van der Waals surface area (Å²) in [7, 11) is 1.57. The molecule has 1 aliphatic rings. The number of carbonyl (C=O) groups excluding carboxylic acids is 2. The molecule has 2 aromatic carbocycles. The number of ether oxygens (including phenoxy) is 2. The fourth-order valence-corrected chi connectivity index (χ4v) is 3.97. The maximum Gasteiger partial charge on any atom is 0.251 e. The molecule has 1 atom stereocenters. The van der Waals surface area contributed by atoms with Gasteiger partial charge >= 0.3 is 0 Å². The molecule has 2 amide bonds. The zero-order chi connectivity index (χ0) is 22.7. The number of methoxy groups -OCH3 is 1. The van der Waals surface area contributed by atoms with Crippen LogP contribution in [0.15, 0.2) is 36.4 Å². The first kappa shape index (κ1) is 22.3. The molecule has 1 unspecified atom stereocenters. The van der Waals surface area contributed by atoms with E-state index >= 15 is 0 Å². The highest BCUT2D eigenvalue weighted by molar-refractivity contribution is 6.31. The van der Waals surface area contributed by atoms with Crippen LogP contribution in [-0.2, 0) is 14.3 Å². The molecular weight excluding hydrogens is 432 g/mol. The highest BCUT2D eigenvalue weighted by atomic mass is 35.5. The quantitative estimate of drug-likeness (QED) is 0.592. The van der Waals surface area contributed by atoms with E-state index in [4.69, 9.17) is 21.1 Å². The Kier molecular flexibility index (Phi) is 6.74. The molecule has 168 valence electrons. The summed E-state index contributed by atoms with van der Waals surface area (Å²) in [6.07, 6.45) is 0.350. The standard InChI is InChI=1S/C23H25ClN4O4/c1-14-11-15(3-6-20(14)28-8-10-32-9-7-21(28)29)23(30)27-19(13-31-2)22-25-17-5-4-16(24)12-18(17)26-22/h3-6,11-12,19H,7-10,13H2,1-2H3,(H,25,26)(H,27,30). The van der Waals surface area contributed by atoms with E-state index in [-0.39, 0.29) is 18.4 Å². The van der Waals surface area contributed by atoms with Gasteiger partial charge in [0.05, 0.1) is 37.3 Å². The summed E-state index contributed by atoms with van der Waals surface area (Å²) in [4.78, 5) is 34.9. The van der Waals surface area contributed by atoms with Crippen LogP contribution < -0.4 is 10.2 Å². The van der Waals surface area contributed by atoms with Crippen molar-refractivity contribution in [3.63, 3.8) is 0 Å². The van der Waals surface area contributed by atoms with Crippen molar-refractivity contribution in [3.8, 4) is 0 Å². The number of rotatable bonds is 6. The first-order valence-corrected chi connectivity index (χ1v) is 10.8. The van der Waals surface area contributed by atoms with Crippen molar-refractivity contribution in [1.82, 2.24) is 15.3 Å². The molecule has 0 aliphatic carbocycles. The Morgan fingerprint density at radius 2 is 2.16 bits per heavy atom. The van der Waals surface area contributed by atoms with Crippen LogP contribution in [0.4, 0.5) is 5.69 Å². The van der Waals surface area contributed by atoms with Crippen LogP contribution in [0.25, 0.3) is 11.0 Å². The molecule has 2 heterocycles. The van der Waals surface area contributed by atoms with Crippen molar-refractivity contribution in [2.75, 3.05) is 38.4 Å². The van der Waals surface area contributed by atoms with Gasteiger partial charge in [-0.3, -0.25) is 9.59 Å². The van der Waals surface area contributed by atoms with Crippen molar-refractivity contribution in [2.45, 2.75) is 19.4 Å². The molecule has 8 nitrogen and oxygen atoms in total. The number of anilines is 1. The lowest BCUT2D eigenvalue weighted by atomic mass is 10.1. The van der Waals surface area contributed by atoms with Gasteiger partial charge in [0.15, 0.2) is 0 Å². The van der Waals surface area contributed by atoms with Gasteiger partial charge in [-0.2, -0.15) is 0 Å². The molecule has 0 bridgehead atoms. The van der Waals surface area contributed by atoms with Gasteiger partial charge in [-0.05, 0) is 48.9 Å². The van der Waals surface area contributed by atoms with E-state index in [0.717, 1.165) is 22.3 Å².